The summed E-state index contributed by atoms with van der Waals surface area (Å²) in [6.07, 6.45) is 76.8. The second kappa shape index (κ2) is 54.2. The monoisotopic (exact) mass is 1050 g/mol. The minimum atomic E-state index is -4.65. The fourth-order valence-corrected chi connectivity index (χ4v) is 8.24. The van der Waals surface area contributed by atoms with Crippen LogP contribution in [0.3, 0.4) is 0 Å². The third-order valence-corrected chi connectivity index (χ3v) is 13.0. The van der Waals surface area contributed by atoms with Crippen molar-refractivity contribution >= 4 is 19.8 Å². The second-order valence-electron chi connectivity index (χ2n) is 20.3. The first-order valence-corrected chi connectivity index (χ1v) is 30.7. The van der Waals surface area contributed by atoms with Gasteiger partial charge in [-0.3, -0.25) is 14.2 Å². The Kier molecular flexibility index (Phi) is 51.6. The molecule has 0 rings (SSSR count). The average Bonchev–Trinajstić information content (AvgIpc) is 3.36. The van der Waals surface area contributed by atoms with Crippen molar-refractivity contribution in [1.82, 2.24) is 0 Å². The summed E-state index contributed by atoms with van der Waals surface area (Å²) >= 11 is 0. The van der Waals surface area contributed by atoms with E-state index >= 15 is 0 Å². The van der Waals surface area contributed by atoms with Crippen LogP contribution in [0.1, 0.15) is 219 Å². The molecule has 0 aromatic carbocycles. The number of phosphoric acid groups is 1. The van der Waals surface area contributed by atoms with Crippen molar-refractivity contribution in [2.75, 3.05) is 47.5 Å². The molecule has 0 fully saturated rings. The smallest absolute Gasteiger partial charge is 0.306 e. The quantitative estimate of drug-likeness (QED) is 0.0195. The van der Waals surface area contributed by atoms with Gasteiger partial charge in [-0.15, -0.1) is 0 Å². The maximum absolute atomic E-state index is 12.8. The Hall–Kier alpha value is -3.59. The summed E-state index contributed by atoms with van der Waals surface area (Å²) in [6, 6.07) is 0. The maximum atomic E-state index is 12.8. The van der Waals surface area contributed by atoms with E-state index < -0.39 is 32.5 Å². The Morgan fingerprint density at radius 3 is 1.15 bits per heavy atom. The molecule has 0 N–H and O–H groups in total. The van der Waals surface area contributed by atoms with Crippen LogP contribution in [0.4, 0.5) is 0 Å². The van der Waals surface area contributed by atoms with Crippen molar-refractivity contribution in [2.24, 2.45) is 0 Å². The first-order chi connectivity index (χ1) is 36.0. The number of phosphoric ester groups is 1. The fourth-order valence-electron chi connectivity index (χ4n) is 7.51. The van der Waals surface area contributed by atoms with E-state index in [1.807, 2.05) is 21.1 Å². The van der Waals surface area contributed by atoms with Gasteiger partial charge in [0.05, 0.1) is 27.7 Å². The second-order valence-corrected chi connectivity index (χ2v) is 21.7. The van der Waals surface area contributed by atoms with Crippen LogP contribution >= 0.6 is 7.82 Å². The number of unbranched alkanes of at least 4 members (excludes halogenated alkanes) is 18. The van der Waals surface area contributed by atoms with Crippen LogP contribution in [0.25, 0.3) is 0 Å². The largest absolute Gasteiger partial charge is 0.756 e. The first kappa shape index (κ1) is 70.4. The zero-order valence-electron chi connectivity index (χ0n) is 47.7. The third kappa shape index (κ3) is 57.7. The van der Waals surface area contributed by atoms with E-state index in [0.29, 0.717) is 17.4 Å². The van der Waals surface area contributed by atoms with Crippen molar-refractivity contribution in [2.45, 2.75) is 225 Å². The molecule has 0 aliphatic heterocycles. The summed E-state index contributed by atoms with van der Waals surface area (Å²) in [4.78, 5) is 37.8. The highest BCUT2D eigenvalue weighted by molar-refractivity contribution is 7.45. The number of hydrogen-bond acceptors (Lipinski definition) is 8. The Bertz CT molecular complexity index is 1660. The molecule has 422 valence electrons. The van der Waals surface area contributed by atoms with E-state index in [4.69, 9.17) is 18.5 Å². The Morgan fingerprint density at radius 2 is 0.770 bits per heavy atom. The predicted molar refractivity (Wildman–Crippen MR) is 314 cm³/mol. The zero-order chi connectivity index (χ0) is 54.2. The molecule has 0 aliphatic carbocycles. The van der Waals surface area contributed by atoms with E-state index in [9.17, 15) is 19.0 Å². The fraction of sp³-hybridized carbons (Fsp3) is 0.656. The summed E-state index contributed by atoms with van der Waals surface area (Å²) in [5, 5.41) is 0. The van der Waals surface area contributed by atoms with Gasteiger partial charge in [0.15, 0.2) is 6.10 Å². The molecule has 9 nitrogen and oxygen atoms in total. The number of esters is 2. The van der Waals surface area contributed by atoms with Crippen LogP contribution in [0.5, 0.6) is 0 Å². The molecule has 0 aliphatic rings. The summed E-state index contributed by atoms with van der Waals surface area (Å²) in [6.45, 7) is 4.07. The number of quaternary nitrogens is 1. The zero-order valence-corrected chi connectivity index (χ0v) is 48.6. The molecular formula is C64H108NO8P. The van der Waals surface area contributed by atoms with Crippen molar-refractivity contribution in [3.63, 3.8) is 0 Å². The minimum Gasteiger partial charge on any atom is -0.756 e. The van der Waals surface area contributed by atoms with Crippen LogP contribution in [0.2, 0.25) is 0 Å². The van der Waals surface area contributed by atoms with Gasteiger partial charge in [-0.2, -0.15) is 0 Å². The molecule has 2 unspecified atom stereocenters. The number of allylic oxidation sites excluding steroid dienone is 20. The number of rotatable bonds is 52. The van der Waals surface area contributed by atoms with E-state index in [-0.39, 0.29) is 26.1 Å². The lowest BCUT2D eigenvalue weighted by molar-refractivity contribution is -0.870. The van der Waals surface area contributed by atoms with Crippen molar-refractivity contribution in [1.29, 1.82) is 0 Å². The minimum absolute atomic E-state index is 0.0447. The summed E-state index contributed by atoms with van der Waals surface area (Å²) in [5.74, 6) is -0.888. The third-order valence-electron chi connectivity index (χ3n) is 12.0. The average molecular weight is 1050 g/mol. The Balaban J connectivity index is 4.29. The van der Waals surface area contributed by atoms with Crippen LogP contribution in [-0.2, 0) is 32.7 Å². The van der Waals surface area contributed by atoms with Gasteiger partial charge in [0, 0.05) is 12.8 Å². The number of ether oxygens (including phenoxy) is 2. The lowest BCUT2D eigenvalue weighted by Gasteiger charge is -2.28. The molecule has 2 atom stereocenters. The molecule has 0 spiro atoms. The lowest BCUT2D eigenvalue weighted by atomic mass is 10.0. The molecule has 10 heteroatoms. The molecule has 74 heavy (non-hydrogen) atoms. The van der Waals surface area contributed by atoms with Gasteiger partial charge in [-0.25, -0.2) is 0 Å². The highest BCUT2D eigenvalue weighted by Gasteiger charge is 2.21. The molecule has 0 aromatic rings. The number of hydrogen-bond donors (Lipinski definition) is 0. The molecular weight excluding hydrogens is 942 g/mol. The molecule has 0 radical (unpaired) electrons. The molecule has 0 saturated heterocycles. The highest BCUT2D eigenvalue weighted by Crippen LogP contribution is 2.38. The molecule has 0 heterocycles. The van der Waals surface area contributed by atoms with Crippen molar-refractivity contribution < 1.29 is 42.1 Å². The molecule has 0 aromatic heterocycles. The van der Waals surface area contributed by atoms with Gasteiger partial charge >= 0.3 is 11.9 Å². The number of likely N-dealkylation sites (N-methyl/N-ethyl adjacent to an activating group) is 1. The van der Waals surface area contributed by atoms with Gasteiger partial charge in [0.25, 0.3) is 7.82 Å². The number of carbonyl (C=O) groups is 2. The van der Waals surface area contributed by atoms with Gasteiger partial charge in [-0.1, -0.05) is 238 Å². The van der Waals surface area contributed by atoms with Crippen molar-refractivity contribution in [3.8, 4) is 0 Å². The first-order valence-electron chi connectivity index (χ1n) is 29.2. The summed E-state index contributed by atoms with van der Waals surface area (Å²) < 4.78 is 34.1. The van der Waals surface area contributed by atoms with E-state index in [0.717, 1.165) is 96.3 Å². The van der Waals surface area contributed by atoms with Crippen LogP contribution < -0.4 is 4.89 Å². The van der Waals surface area contributed by atoms with Gasteiger partial charge < -0.3 is 27.9 Å². The van der Waals surface area contributed by atoms with E-state index in [2.05, 4.69) is 135 Å². The predicted octanol–water partition coefficient (Wildman–Crippen LogP) is 17.7. The molecule has 0 saturated carbocycles. The Morgan fingerprint density at radius 1 is 0.432 bits per heavy atom. The summed E-state index contributed by atoms with van der Waals surface area (Å²) in [5.41, 5.74) is 0. The maximum Gasteiger partial charge on any atom is 0.306 e. The van der Waals surface area contributed by atoms with Crippen LogP contribution in [0.15, 0.2) is 122 Å². The Labute approximate surface area is 454 Å². The van der Waals surface area contributed by atoms with Gasteiger partial charge in [0.2, 0.25) is 0 Å². The SMILES string of the molecule is CC/C=C\C/C=C\C/C=C\C/C=C\C/C=C\C/C=C\C/C=C\C/C=C\C/C=C\C/C=C\CCCCC(=O)OC(COC(=O)CCCCCCCCCCCCCCCCCCC)COP(=O)([O-])OCC[N+](C)(C)C. The lowest BCUT2D eigenvalue weighted by Crippen LogP contribution is -2.37. The highest BCUT2D eigenvalue weighted by atomic mass is 31.2. The van der Waals surface area contributed by atoms with Gasteiger partial charge in [-0.05, 0) is 89.9 Å². The summed E-state index contributed by atoms with van der Waals surface area (Å²) in [7, 11) is 1.12. The number of carbonyl (C=O) groups excluding carboxylic acids is 2. The van der Waals surface area contributed by atoms with Crippen LogP contribution in [0, 0.1) is 0 Å². The number of nitrogens with zero attached hydrogens (tertiary/aromatic N) is 1. The standard InChI is InChI=1S/C64H108NO8P/c1-6-8-10-12-14-16-18-20-22-24-25-26-27-28-29-30-31-32-33-34-35-36-37-38-39-41-43-45-47-49-51-53-55-57-64(67)73-62(61-72-74(68,69)71-59-58-65(3,4)5)60-70-63(66)56-54-52-50-48-46-44-42-40-23-21-19-17-15-13-11-9-7-2/h8,10,14,16,20,22,25-26,28-29,31-32,34-35,37-38,41,43,47,49,62H,6-7,9,11-13,15,17-19,21,23-24,27,30,33,36,39-40,42,44-46,48,50-61H2,1-5H3/b10-8-,16-14-,22-20-,26-25-,29-28-,32-31-,35-34-,38-37-,43-41-,49-47-. The topological polar surface area (TPSA) is 111 Å². The van der Waals surface area contributed by atoms with E-state index in [1.54, 1.807) is 0 Å². The van der Waals surface area contributed by atoms with E-state index in [1.165, 1.54) is 89.9 Å². The molecule has 0 amide bonds. The molecule has 0 bridgehead atoms. The normalized spacial score (nSPS) is 14.2. The van der Waals surface area contributed by atoms with Crippen LogP contribution in [-0.4, -0.2) is 70.0 Å². The van der Waals surface area contributed by atoms with Crippen molar-refractivity contribution in [3.05, 3.63) is 122 Å². The van der Waals surface area contributed by atoms with Gasteiger partial charge in [0.1, 0.15) is 19.8 Å².